The molecule has 0 aliphatic heterocycles. The Bertz CT molecular complexity index is 501. The molecule has 0 fully saturated rings. The molecule has 4 heteroatoms. The topological polar surface area (TPSA) is 56.7 Å². The van der Waals surface area contributed by atoms with Gasteiger partial charge in [-0.15, -0.1) is 0 Å². The van der Waals surface area contributed by atoms with E-state index in [1.165, 1.54) is 0 Å². The Balaban J connectivity index is 2.57. The molecule has 92 valence electrons. The second-order valence-corrected chi connectivity index (χ2v) is 4.62. The van der Waals surface area contributed by atoms with Crippen LogP contribution in [0.5, 0.6) is 0 Å². The molecule has 2 heterocycles. The van der Waals surface area contributed by atoms with Gasteiger partial charge in [0.1, 0.15) is 11.3 Å². The Morgan fingerprint density at radius 2 is 2.18 bits per heavy atom. The summed E-state index contributed by atoms with van der Waals surface area (Å²) in [6.07, 6.45) is 2.89. The van der Waals surface area contributed by atoms with E-state index in [9.17, 15) is 0 Å². The number of imidazole rings is 1. The van der Waals surface area contributed by atoms with E-state index in [4.69, 9.17) is 5.73 Å². The van der Waals surface area contributed by atoms with Crippen molar-refractivity contribution in [2.75, 3.05) is 0 Å². The number of pyridine rings is 1. The second-order valence-electron chi connectivity index (χ2n) is 4.62. The van der Waals surface area contributed by atoms with Gasteiger partial charge in [-0.3, -0.25) is 0 Å². The summed E-state index contributed by atoms with van der Waals surface area (Å²) in [6.45, 7) is 7.25. The Hall–Kier alpha value is -1.42. The van der Waals surface area contributed by atoms with Crippen molar-refractivity contribution in [3.8, 4) is 0 Å². The molecule has 0 amide bonds. The van der Waals surface area contributed by atoms with Gasteiger partial charge in [-0.05, 0) is 25.5 Å². The van der Waals surface area contributed by atoms with E-state index in [2.05, 4.69) is 28.4 Å². The Labute approximate surface area is 102 Å². The Morgan fingerprint density at radius 3 is 2.82 bits per heavy atom. The minimum absolute atomic E-state index is 0.0995. The fourth-order valence-electron chi connectivity index (χ4n) is 2.00. The summed E-state index contributed by atoms with van der Waals surface area (Å²) in [4.78, 5) is 9.09. The van der Waals surface area contributed by atoms with Crippen LogP contribution in [0.4, 0.5) is 0 Å². The summed E-state index contributed by atoms with van der Waals surface area (Å²) < 4.78 is 2.20. The zero-order valence-corrected chi connectivity index (χ0v) is 10.7. The van der Waals surface area contributed by atoms with Crippen LogP contribution in [0.15, 0.2) is 18.3 Å². The van der Waals surface area contributed by atoms with Crippen molar-refractivity contribution in [2.45, 2.75) is 45.7 Å². The lowest BCUT2D eigenvalue weighted by Crippen LogP contribution is -2.25. The predicted molar refractivity (Wildman–Crippen MR) is 69.9 cm³/mol. The van der Waals surface area contributed by atoms with E-state index >= 15 is 0 Å². The third kappa shape index (κ3) is 2.17. The molecule has 2 rings (SSSR count). The number of nitrogens with two attached hydrogens (primary N) is 1. The highest BCUT2D eigenvalue weighted by Gasteiger charge is 2.19. The molecule has 2 N–H and O–H groups in total. The number of rotatable bonds is 4. The molecule has 2 unspecified atom stereocenters. The lowest BCUT2D eigenvalue weighted by Gasteiger charge is -2.16. The van der Waals surface area contributed by atoms with E-state index < -0.39 is 0 Å². The van der Waals surface area contributed by atoms with Crippen LogP contribution in [-0.4, -0.2) is 20.6 Å². The van der Waals surface area contributed by atoms with E-state index in [1.54, 1.807) is 0 Å². The smallest absolute Gasteiger partial charge is 0.159 e. The van der Waals surface area contributed by atoms with E-state index in [0.717, 1.165) is 30.0 Å². The van der Waals surface area contributed by atoms with Crippen molar-refractivity contribution < 1.29 is 0 Å². The molecule has 0 bridgehead atoms. The maximum Gasteiger partial charge on any atom is 0.159 e. The average Bonchev–Trinajstić information content (AvgIpc) is 2.68. The third-order valence-corrected chi connectivity index (χ3v) is 3.18. The largest absolute Gasteiger partial charge is 0.327 e. The lowest BCUT2D eigenvalue weighted by molar-refractivity contribution is 0.537. The first-order chi connectivity index (χ1) is 8.15. The first-order valence-corrected chi connectivity index (χ1v) is 6.21. The first kappa shape index (κ1) is 12.0. The predicted octanol–water partition coefficient (Wildman–Crippen LogP) is 2.29. The molecule has 0 radical (unpaired) electrons. The summed E-state index contributed by atoms with van der Waals surface area (Å²) in [5.41, 5.74) is 7.91. The van der Waals surface area contributed by atoms with Gasteiger partial charge in [-0.25, -0.2) is 9.97 Å². The molecule has 4 nitrogen and oxygen atoms in total. The highest BCUT2D eigenvalue weighted by Crippen LogP contribution is 2.22. The maximum atomic E-state index is 5.98. The molecule has 0 spiro atoms. The van der Waals surface area contributed by atoms with Crippen LogP contribution in [0.25, 0.3) is 11.2 Å². The lowest BCUT2D eigenvalue weighted by atomic mass is 10.0. The average molecular weight is 232 g/mol. The van der Waals surface area contributed by atoms with Crippen LogP contribution in [0.1, 0.15) is 38.9 Å². The van der Waals surface area contributed by atoms with Gasteiger partial charge in [0.15, 0.2) is 5.65 Å². The normalized spacial score (nSPS) is 15.1. The van der Waals surface area contributed by atoms with Gasteiger partial charge in [0.2, 0.25) is 0 Å². The quantitative estimate of drug-likeness (QED) is 0.880. The summed E-state index contributed by atoms with van der Waals surface area (Å²) in [6, 6.07) is 4.03. The maximum absolute atomic E-state index is 5.98. The zero-order chi connectivity index (χ0) is 12.4. The third-order valence-electron chi connectivity index (χ3n) is 3.18. The van der Waals surface area contributed by atoms with Gasteiger partial charge in [0.05, 0.1) is 0 Å². The van der Waals surface area contributed by atoms with Gasteiger partial charge >= 0.3 is 0 Å². The van der Waals surface area contributed by atoms with E-state index in [1.807, 2.05) is 25.3 Å². The molecule has 0 aliphatic rings. The SMILES string of the molecule is CCCn1c(C(C)C(C)N)nc2cccnc21. The van der Waals surface area contributed by atoms with Gasteiger partial charge in [-0.1, -0.05) is 13.8 Å². The summed E-state index contributed by atoms with van der Waals surface area (Å²) in [5.74, 6) is 1.30. The van der Waals surface area contributed by atoms with Crippen molar-refractivity contribution >= 4 is 11.2 Å². The van der Waals surface area contributed by atoms with Crippen molar-refractivity contribution in [3.63, 3.8) is 0 Å². The van der Waals surface area contributed by atoms with Crippen LogP contribution < -0.4 is 5.73 Å². The highest BCUT2D eigenvalue weighted by atomic mass is 15.1. The van der Waals surface area contributed by atoms with Crippen molar-refractivity contribution in [1.29, 1.82) is 0 Å². The Morgan fingerprint density at radius 1 is 1.41 bits per heavy atom. The fraction of sp³-hybridized carbons (Fsp3) is 0.538. The summed E-state index contributed by atoms with van der Waals surface area (Å²) in [7, 11) is 0. The van der Waals surface area contributed by atoms with Crippen LogP contribution in [0.3, 0.4) is 0 Å². The van der Waals surface area contributed by atoms with Crippen molar-refractivity contribution in [2.24, 2.45) is 5.73 Å². The minimum Gasteiger partial charge on any atom is -0.327 e. The molecule has 0 aromatic carbocycles. The van der Waals surface area contributed by atoms with Gasteiger partial charge < -0.3 is 10.3 Å². The summed E-state index contributed by atoms with van der Waals surface area (Å²) in [5, 5.41) is 0. The fourth-order valence-corrected chi connectivity index (χ4v) is 2.00. The second kappa shape index (κ2) is 4.84. The monoisotopic (exact) mass is 232 g/mol. The molecule has 0 aliphatic carbocycles. The minimum atomic E-state index is 0.0995. The zero-order valence-electron chi connectivity index (χ0n) is 10.7. The number of aromatic nitrogens is 3. The molecular formula is C13H20N4. The molecule has 2 atom stereocenters. The van der Waals surface area contributed by atoms with E-state index in [-0.39, 0.29) is 12.0 Å². The Kier molecular flexibility index (Phi) is 3.43. The van der Waals surface area contributed by atoms with E-state index in [0.29, 0.717) is 0 Å². The molecule has 2 aromatic rings. The van der Waals surface area contributed by atoms with Gasteiger partial charge in [0.25, 0.3) is 0 Å². The molecule has 2 aromatic heterocycles. The highest BCUT2D eigenvalue weighted by molar-refractivity contribution is 5.71. The van der Waals surface area contributed by atoms with Crippen LogP contribution in [0, 0.1) is 0 Å². The number of aryl methyl sites for hydroxylation is 1. The molecule has 0 saturated heterocycles. The van der Waals surface area contributed by atoms with Crippen molar-refractivity contribution in [1.82, 2.24) is 14.5 Å². The van der Waals surface area contributed by atoms with Crippen LogP contribution >= 0.6 is 0 Å². The number of nitrogens with zero attached hydrogens (tertiary/aromatic N) is 3. The number of hydrogen-bond donors (Lipinski definition) is 1. The van der Waals surface area contributed by atoms with Crippen LogP contribution in [-0.2, 0) is 6.54 Å². The summed E-state index contributed by atoms with van der Waals surface area (Å²) >= 11 is 0. The van der Waals surface area contributed by atoms with Crippen LogP contribution in [0.2, 0.25) is 0 Å². The molecule has 17 heavy (non-hydrogen) atoms. The number of fused-ring (bicyclic) bond motifs is 1. The van der Waals surface area contributed by atoms with Gasteiger partial charge in [0, 0.05) is 24.7 Å². The van der Waals surface area contributed by atoms with Crippen molar-refractivity contribution in [3.05, 3.63) is 24.2 Å². The van der Waals surface area contributed by atoms with Gasteiger partial charge in [-0.2, -0.15) is 0 Å². The first-order valence-electron chi connectivity index (χ1n) is 6.21. The molecule has 0 saturated carbocycles. The number of hydrogen-bond acceptors (Lipinski definition) is 3. The molecular weight excluding hydrogens is 212 g/mol. The standard InChI is InChI=1S/C13H20N4/c1-4-8-17-12(9(2)10(3)14)16-11-6-5-7-15-13(11)17/h5-7,9-10H,4,8,14H2,1-3H3.